The second-order valence-corrected chi connectivity index (χ2v) is 4.85. The van der Waals surface area contributed by atoms with Crippen molar-refractivity contribution in [3.8, 4) is 0 Å². The van der Waals surface area contributed by atoms with Gasteiger partial charge >= 0.3 is 0 Å². The number of hydrogen-bond acceptors (Lipinski definition) is 0. The van der Waals surface area contributed by atoms with Crippen LogP contribution in [0.5, 0.6) is 0 Å². The number of unbranched alkanes of at least 4 members (excludes halogenated alkanes) is 1. The summed E-state index contributed by atoms with van der Waals surface area (Å²) in [6.07, 6.45) is 6.61. The van der Waals surface area contributed by atoms with Crippen molar-refractivity contribution >= 4 is 0 Å². The van der Waals surface area contributed by atoms with Crippen LogP contribution in [0.2, 0.25) is 0 Å². The summed E-state index contributed by atoms with van der Waals surface area (Å²) in [4.78, 5) is 0. The van der Waals surface area contributed by atoms with E-state index >= 15 is 0 Å². The zero-order valence-electron chi connectivity index (χ0n) is 11.4. The predicted octanol–water partition coefficient (Wildman–Crippen LogP) is 5.46. The minimum absolute atomic E-state index is 0.0337. The molecule has 0 aromatic heterocycles. The zero-order valence-corrected chi connectivity index (χ0v) is 11.4. The maximum Gasteiger partial charge on any atom is 0.126 e. The fraction of sp³-hybridized carbons (Fsp3) is 0.625. The molecule has 0 N–H and O–H groups in total. The maximum absolute atomic E-state index is 13.6. The van der Waals surface area contributed by atoms with E-state index < -0.39 is 0 Å². The van der Waals surface area contributed by atoms with Gasteiger partial charge in [0.2, 0.25) is 0 Å². The van der Waals surface area contributed by atoms with Gasteiger partial charge < -0.3 is 0 Å². The van der Waals surface area contributed by atoms with Crippen molar-refractivity contribution in [2.45, 2.75) is 65.2 Å². The summed E-state index contributed by atoms with van der Waals surface area (Å²) in [6, 6.07) is 5.71. The fourth-order valence-corrected chi connectivity index (χ4v) is 2.36. The van der Waals surface area contributed by atoms with Gasteiger partial charge in [0.25, 0.3) is 0 Å². The first-order valence-corrected chi connectivity index (χ1v) is 7.01. The van der Waals surface area contributed by atoms with Gasteiger partial charge in [0.05, 0.1) is 0 Å². The monoisotopic (exact) mass is 236 g/mol. The van der Waals surface area contributed by atoms with Crippen LogP contribution in [-0.2, 0) is 6.42 Å². The summed E-state index contributed by atoms with van der Waals surface area (Å²) < 4.78 is 13.6. The fourth-order valence-electron chi connectivity index (χ4n) is 2.36. The van der Waals surface area contributed by atoms with Gasteiger partial charge in [-0.3, -0.25) is 0 Å². The topological polar surface area (TPSA) is 0 Å². The van der Waals surface area contributed by atoms with Crippen LogP contribution in [0.15, 0.2) is 18.2 Å². The molecule has 0 spiro atoms. The first-order chi connectivity index (χ1) is 8.22. The van der Waals surface area contributed by atoms with Gasteiger partial charge in [0.1, 0.15) is 5.82 Å². The van der Waals surface area contributed by atoms with Gasteiger partial charge in [-0.2, -0.15) is 0 Å². The third-order valence-electron chi connectivity index (χ3n) is 3.47. The van der Waals surface area contributed by atoms with Crippen molar-refractivity contribution < 1.29 is 4.39 Å². The van der Waals surface area contributed by atoms with Crippen LogP contribution in [0.25, 0.3) is 0 Å². The van der Waals surface area contributed by atoms with Crippen LogP contribution >= 0.6 is 0 Å². The molecule has 0 heterocycles. The largest absolute Gasteiger partial charge is 0.207 e. The molecule has 0 saturated carbocycles. The number of aryl methyl sites for hydroxylation is 1. The minimum Gasteiger partial charge on any atom is -0.207 e. The molecule has 1 heteroatoms. The van der Waals surface area contributed by atoms with Crippen LogP contribution < -0.4 is 0 Å². The maximum atomic E-state index is 13.6. The highest BCUT2D eigenvalue weighted by Gasteiger charge is 2.11. The molecule has 96 valence electrons. The normalized spacial score (nSPS) is 12.7. The lowest BCUT2D eigenvalue weighted by molar-refractivity contribution is 0.580. The van der Waals surface area contributed by atoms with Crippen LogP contribution in [0.1, 0.15) is 69.9 Å². The molecule has 0 aliphatic rings. The van der Waals surface area contributed by atoms with Gasteiger partial charge in [-0.15, -0.1) is 0 Å². The number of rotatable bonds is 7. The van der Waals surface area contributed by atoms with E-state index in [1.807, 2.05) is 6.07 Å². The van der Waals surface area contributed by atoms with Gasteiger partial charge in [-0.05, 0) is 48.8 Å². The van der Waals surface area contributed by atoms with Crippen molar-refractivity contribution in [1.82, 2.24) is 0 Å². The Hall–Kier alpha value is -0.850. The molecule has 0 fully saturated rings. The second-order valence-electron chi connectivity index (χ2n) is 4.85. The minimum atomic E-state index is -0.0337. The Kier molecular flexibility index (Phi) is 6.25. The zero-order chi connectivity index (χ0) is 12.7. The standard InChI is InChI=1S/C16H25F/c1-4-7-9-15-12-14(10-11-16(15)17)13(6-3)8-5-2/h10-13H,4-9H2,1-3H3. The molecule has 1 aromatic rings. The molecular formula is C16H25F. The molecule has 0 radical (unpaired) electrons. The van der Waals surface area contributed by atoms with Crippen LogP contribution in [0, 0.1) is 5.82 Å². The van der Waals surface area contributed by atoms with E-state index in [0.29, 0.717) is 5.92 Å². The molecule has 1 atom stereocenters. The molecule has 0 nitrogen and oxygen atoms in total. The van der Waals surface area contributed by atoms with E-state index in [9.17, 15) is 4.39 Å². The third-order valence-corrected chi connectivity index (χ3v) is 3.47. The van der Waals surface area contributed by atoms with Crippen molar-refractivity contribution in [2.24, 2.45) is 0 Å². The molecule has 17 heavy (non-hydrogen) atoms. The Labute approximate surface area is 105 Å². The van der Waals surface area contributed by atoms with Gasteiger partial charge in [-0.25, -0.2) is 4.39 Å². The average molecular weight is 236 g/mol. The SMILES string of the molecule is CCCCc1cc(C(CC)CCC)ccc1F. The first kappa shape index (κ1) is 14.2. The predicted molar refractivity (Wildman–Crippen MR) is 73.0 cm³/mol. The molecule has 1 unspecified atom stereocenters. The first-order valence-electron chi connectivity index (χ1n) is 7.01. The van der Waals surface area contributed by atoms with Crippen LogP contribution in [0.3, 0.4) is 0 Å². The highest BCUT2D eigenvalue weighted by atomic mass is 19.1. The van der Waals surface area contributed by atoms with Gasteiger partial charge in [-0.1, -0.05) is 45.7 Å². The lowest BCUT2D eigenvalue weighted by atomic mass is 9.90. The van der Waals surface area contributed by atoms with Gasteiger partial charge in [0, 0.05) is 0 Å². The molecule has 1 aromatic carbocycles. The van der Waals surface area contributed by atoms with E-state index in [1.54, 1.807) is 6.07 Å². The van der Waals surface area contributed by atoms with E-state index in [1.165, 1.54) is 18.4 Å². The highest BCUT2D eigenvalue weighted by Crippen LogP contribution is 2.26. The van der Waals surface area contributed by atoms with Crippen molar-refractivity contribution in [3.05, 3.63) is 35.1 Å². The Balaban J connectivity index is 2.85. The summed E-state index contributed by atoms with van der Waals surface area (Å²) in [7, 11) is 0. The summed E-state index contributed by atoms with van der Waals surface area (Å²) in [5.41, 5.74) is 2.22. The molecule has 0 amide bonds. The third kappa shape index (κ3) is 4.14. The molecule has 0 aliphatic carbocycles. The summed E-state index contributed by atoms with van der Waals surface area (Å²) in [6.45, 7) is 6.58. The summed E-state index contributed by atoms with van der Waals surface area (Å²) in [5.74, 6) is 0.564. The molecule has 0 aliphatic heterocycles. The van der Waals surface area contributed by atoms with Crippen LogP contribution in [0.4, 0.5) is 4.39 Å². The van der Waals surface area contributed by atoms with E-state index in [2.05, 4.69) is 26.8 Å². The Morgan fingerprint density at radius 2 is 1.88 bits per heavy atom. The number of benzene rings is 1. The number of hydrogen-bond donors (Lipinski definition) is 0. The molecule has 0 bridgehead atoms. The van der Waals surface area contributed by atoms with E-state index in [-0.39, 0.29) is 5.82 Å². The molecule has 0 saturated heterocycles. The smallest absolute Gasteiger partial charge is 0.126 e. The average Bonchev–Trinajstić information content (AvgIpc) is 2.35. The molecular weight excluding hydrogens is 211 g/mol. The van der Waals surface area contributed by atoms with Crippen molar-refractivity contribution in [1.29, 1.82) is 0 Å². The van der Waals surface area contributed by atoms with E-state index in [4.69, 9.17) is 0 Å². The summed E-state index contributed by atoms with van der Waals surface area (Å²) in [5, 5.41) is 0. The van der Waals surface area contributed by atoms with Crippen LogP contribution in [-0.4, -0.2) is 0 Å². The molecule has 1 rings (SSSR count). The quantitative estimate of drug-likeness (QED) is 0.589. The number of halogens is 1. The Morgan fingerprint density at radius 1 is 1.12 bits per heavy atom. The lowest BCUT2D eigenvalue weighted by Gasteiger charge is -2.16. The second kappa shape index (κ2) is 7.47. The highest BCUT2D eigenvalue weighted by molar-refractivity contribution is 5.28. The summed E-state index contributed by atoms with van der Waals surface area (Å²) >= 11 is 0. The van der Waals surface area contributed by atoms with E-state index in [0.717, 1.165) is 31.2 Å². The van der Waals surface area contributed by atoms with Crippen molar-refractivity contribution in [3.63, 3.8) is 0 Å². The lowest BCUT2D eigenvalue weighted by Crippen LogP contribution is -2.00. The van der Waals surface area contributed by atoms with Crippen molar-refractivity contribution in [2.75, 3.05) is 0 Å². The Bertz CT molecular complexity index is 330. The Morgan fingerprint density at radius 3 is 2.47 bits per heavy atom. The van der Waals surface area contributed by atoms with Gasteiger partial charge in [0.15, 0.2) is 0 Å².